The molecule has 6 nitrogen and oxygen atoms in total. The van der Waals surface area contributed by atoms with Crippen molar-refractivity contribution >= 4 is 35.1 Å². The number of rotatable bonds is 6. The zero-order valence-corrected chi connectivity index (χ0v) is 16.5. The topological polar surface area (TPSA) is 71.1 Å². The molecule has 0 bridgehead atoms. The second kappa shape index (κ2) is 9.39. The van der Waals surface area contributed by atoms with Gasteiger partial charge in [0.2, 0.25) is 0 Å². The van der Waals surface area contributed by atoms with Crippen LogP contribution in [0, 0.1) is 0 Å². The van der Waals surface area contributed by atoms with Crippen LogP contribution in [0.15, 0.2) is 48.5 Å². The third kappa shape index (κ3) is 5.23. The molecule has 148 valence electrons. The molecule has 0 radical (unpaired) electrons. The van der Waals surface area contributed by atoms with Gasteiger partial charge in [-0.15, -0.1) is 0 Å². The van der Waals surface area contributed by atoms with Crippen molar-refractivity contribution in [3.05, 3.63) is 69.7 Å². The van der Waals surface area contributed by atoms with Crippen molar-refractivity contribution in [2.45, 2.75) is 24.9 Å². The Labute approximate surface area is 172 Å². The van der Waals surface area contributed by atoms with Crippen LogP contribution >= 0.6 is 23.2 Å². The first-order chi connectivity index (χ1) is 13.5. The molecule has 0 spiro atoms. The molecule has 3 rings (SSSR count). The number of hydrogen-bond donors (Lipinski definition) is 0. The minimum Gasteiger partial charge on any atom is -0.459 e. The van der Waals surface area contributed by atoms with Crippen molar-refractivity contribution < 1.29 is 28.5 Å². The molecule has 2 aromatic carbocycles. The van der Waals surface area contributed by atoms with Gasteiger partial charge >= 0.3 is 11.9 Å². The summed E-state index contributed by atoms with van der Waals surface area (Å²) < 4.78 is 21.7. The predicted molar refractivity (Wildman–Crippen MR) is 103 cm³/mol. The first-order valence-corrected chi connectivity index (χ1v) is 9.29. The molecule has 1 fully saturated rings. The van der Waals surface area contributed by atoms with Crippen molar-refractivity contribution in [3.63, 3.8) is 0 Å². The summed E-state index contributed by atoms with van der Waals surface area (Å²) in [5, 5.41) is 1.04. The lowest BCUT2D eigenvalue weighted by Crippen LogP contribution is -2.32. The average molecular weight is 425 g/mol. The van der Waals surface area contributed by atoms with Crippen molar-refractivity contribution in [1.29, 1.82) is 0 Å². The number of hydrogen-bond acceptors (Lipinski definition) is 6. The summed E-state index contributed by atoms with van der Waals surface area (Å²) in [4.78, 5) is 24.5. The lowest BCUT2D eigenvalue weighted by Gasteiger charge is -2.18. The Morgan fingerprint density at radius 1 is 0.964 bits per heavy atom. The van der Waals surface area contributed by atoms with Gasteiger partial charge in [-0.05, 0) is 48.5 Å². The monoisotopic (exact) mass is 424 g/mol. The maximum Gasteiger partial charge on any atom is 0.338 e. The van der Waals surface area contributed by atoms with Crippen LogP contribution in [0.1, 0.15) is 27.1 Å². The summed E-state index contributed by atoms with van der Waals surface area (Å²) in [7, 11) is 1.49. The summed E-state index contributed by atoms with van der Waals surface area (Å²) in [6.07, 6.45) is -1.48. The van der Waals surface area contributed by atoms with Gasteiger partial charge in [0.25, 0.3) is 0 Å². The van der Waals surface area contributed by atoms with Gasteiger partial charge in [-0.25, -0.2) is 9.59 Å². The molecular formula is C20H18Cl2O6. The minimum atomic E-state index is -0.641. The van der Waals surface area contributed by atoms with Crippen LogP contribution < -0.4 is 0 Å². The van der Waals surface area contributed by atoms with E-state index in [1.165, 1.54) is 7.11 Å². The Bertz CT molecular complexity index is 822. The highest BCUT2D eigenvalue weighted by atomic mass is 35.5. The fourth-order valence-corrected chi connectivity index (χ4v) is 2.97. The Morgan fingerprint density at radius 3 is 2.04 bits per heavy atom. The molecule has 1 heterocycles. The zero-order valence-electron chi connectivity index (χ0n) is 15.0. The van der Waals surface area contributed by atoms with E-state index >= 15 is 0 Å². The van der Waals surface area contributed by atoms with Crippen LogP contribution in [0.2, 0.25) is 10.0 Å². The molecule has 3 atom stereocenters. The standard InChI is InChI=1S/C20H18Cl2O6/c1-25-18-10-16(28-20(24)13-4-8-15(22)9-5-13)17(27-18)11-26-19(23)12-2-6-14(21)7-3-12/h2-9,16-18H,10-11H2,1H3/t16-,17+,18+/m0/s1. The van der Waals surface area contributed by atoms with Gasteiger partial charge < -0.3 is 18.9 Å². The maximum atomic E-state index is 12.4. The molecule has 28 heavy (non-hydrogen) atoms. The second-order valence-corrected chi connectivity index (χ2v) is 7.00. The maximum absolute atomic E-state index is 12.4. The second-order valence-electron chi connectivity index (χ2n) is 6.13. The van der Waals surface area contributed by atoms with Gasteiger partial charge in [-0.2, -0.15) is 0 Å². The van der Waals surface area contributed by atoms with Crippen LogP contribution in [-0.2, 0) is 18.9 Å². The van der Waals surface area contributed by atoms with E-state index in [0.29, 0.717) is 27.6 Å². The summed E-state index contributed by atoms with van der Waals surface area (Å²) >= 11 is 11.6. The molecule has 1 aliphatic heterocycles. The largest absolute Gasteiger partial charge is 0.459 e. The molecule has 1 saturated heterocycles. The Hall–Kier alpha value is -2.12. The van der Waals surface area contributed by atoms with Crippen molar-refractivity contribution in [1.82, 2.24) is 0 Å². The first-order valence-electron chi connectivity index (χ1n) is 8.54. The molecule has 0 aromatic heterocycles. The van der Waals surface area contributed by atoms with Gasteiger partial charge in [-0.3, -0.25) is 0 Å². The highest BCUT2D eigenvalue weighted by molar-refractivity contribution is 6.30. The number of methoxy groups -OCH3 is 1. The number of carbonyl (C=O) groups excluding carboxylic acids is 2. The number of carbonyl (C=O) groups is 2. The molecule has 0 amide bonds. The van der Waals surface area contributed by atoms with E-state index in [1.807, 2.05) is 0 Å². The molecule has 0 aliphatic carbocycles. The fourth-order valence-electron chi connectivity index (χ4n) is 2.72. The molecule has 2 aromatic rings. The Morgan fingerprint density at radius 2 is 1.50 bits per heavy atom. The van der Waals surface area contributed by atoms with E-state index in [1.54, 1.807) is 48.5 Å². The third-order valence-corrected chi connectivity index (χ3v) is 4.73. The normalized spacial score (nSPS) is 21.3. The minimum absolute atomic E-state index is 0.0834. The van der Waals surface area contributed by atoms with Crippen LogP contribution in [0.4, 0.5) is 0 Å². The molecule has 0 saturated carbocycles. The summed E-state index contributed by atoms with van der Waals surface area (Å²) in [5.74, 6) is -1.04. The number of ether oxygens (including phenoxy) is 4. The zero-order chi connectivity index (χ0) is 20.1. The van der Waals surface area contributed by atoms with E-state index in [0.717, 1.165) is 0 Å². The van der Waals surface area contributed by atoms with Crippen molar-refractivity contribution in [2.24, 2.45) is 0 Å². The molecule has 1 aliphatic rings. The predicted octanol–water partition coefficient (Wildman–Crippen LogP) is 4.14. The van der Waals surface area contributed by atoms with Gasteiger partial charge in [0.1, 0.15) is 18.8 Å². The highest BCUT2D eigenvalue weighted by Crippen LogP contribution is 2.26. The van der Waals surface area contributed by atoms with Crippen LogP contribution in [0.5, 0.6) is 0 Å². The molecule has 8 heteroatoms. The summed E-state index contributed by atoms with van der Waals surface area (Å²) in [6.45, 7) is -0.0834. The first kappa shape index (κ1) is 20.6. The van der Waals surface area contributed by atoms with Crippen molar-refractivity contribution in [3.8, 4) is 0 Å². The Kier molecular flexibility index (Phi) is 6.91. The van der Waals surface area contributed by atoms with Crippen LogP contribution in [0.3, 0.4) is 0 Å². The number of benzene rings is 2. The van der Waals surface area contributed by atoms with Crippen LogP contribution in [-0.4, -0.2) is 44.2 Å². The van der Waals surface area contributed by atoms with Gasteiger partial charge in [-0.1, -0.05) is 23.2 Å². The van der Waals surface area contributed by atoms with E-state index in [-0.39, 0.29) is 6.61 Å². The lowest BCUT2D eigenvalue weighted by molar-refractivity contribution is -0.128. The number of esters is 2. The third-order valence-electron chi connectivity index (χ3n) is 4.23. The van der Waals surface area contributed by atoms with E-state index < -0.39 is 30.4 Å². The fraction of sp³-hybridized carbons (Fsp3) is 0.300. The van der Waals surface area contributed by atoms with E-state index in [4.69, 9.17) is 42.1 Å². The average Bonchev–Trinajstić information content (AvgIpc) is 3.09. The van der Waals surface area contributed by atoms with Gasteiger partial charge in [0.05, 0.1) is 11.1 Å². The Balaban J connectivity index is 1.61. The quantitative estimate of drug-likeness (QED) is 0.648. The van der Waals surface area contributed by atoms with E-state index in [9.17, 15) is 9.59 Å². The molecular weight excluding hydrogens is 407 g/mol. The molecule has 0 unspecified atom stereocenters. The summed E-state index contributed by atoms with van der Waals surface area (Å²) in [6, 6.07) is 12.7. The number of halogens is 2. The van der Waals surface area contributed by atoms with Gasteiger partial charge in [0, 0.05) is 23.6 Å². The van der Waals surface area contributed by atoms with Crippen molar-refractivity contribution in [2.75, 3.05) is 13.7 Å². The summed E-state index contributed by atoms with van der Waals surface area (Å²) in [5.41, 5.74) is 0.725. The molecule has 0 N–H and O–H groups in total. The SMILES string of the molecule is CO[C@H]1C[C@H](OC(=O)c2ccc(Cl)cc2)[C@@H](COC(=O)c2ccc(Cl)cc2)O1. The lowest BCUT2D eigenvalue weighted by atomic mass is 10.1. The smallest absolute Gasteiger partial charge is 0.338 e. The van der Waals surface area contributed by atoms with E-state index in [2.05, 4.69) is 0 Å². The van der Waals surface area contributed by atoms with Gasteiger partial charge in [0.15, 0.2) is 6.29 Å². The highest BCUT2D eigenvalue weighted by Gasteiger charge is 2.39. The van der Waals surface area contributed by atoms with Crippen LogP contribution in [0.25, 0.3) is 0 Å².